The smallest absolute Gasteiger partial charge is 0.273 e. The van der Waals surface area contributed by atoms with Gasteiger partial charge in [-0.05, 0) is 25.5 Å². The second-order valence-electron chi connectivity index (χ2n) is 4.65. The lowest BCUT2D eigenvalue weighted by molar-refractivity contribution is -0.384. The van der Waals surface area contributed by atoms with Crippen LogP contribution < -0.4 is 15.4 Å². The fraction of sp³-hybridized carbons (Fsp3) is 0.462. The maximum absolute atomic E-state index is 11.7. The van der Waals surface area contributed by atoms with Crippen molar-refractivity contribution in [1.29, 1.82) is 0 Å². The quantitative estimate of drug-likeness (QED) is 0.615. The predicted octanol–water partition coefficient (Wildman–Crippen LogP) is 0.842. The van der Waals surface area contributed by atoms with E-state index in [1.165, 1.54) is 18.2 Å². The van der Waals surface area contributed by atoms with Crippen molar-refractivity contribution in [2.75, 3.05) is 19.7 Å². The molecule has 0 aliphatic carbocycles. The number of non-ortho nitro benzene ring substituents is 1. The van der Waals surface area contributed by atoms with Crippen molar-refractivity contribution in [3.63, 3.8) is 0 Å². The number of nitro benzene ring substituents is 1. The molecule has 1 aliphatic rings. The first-order chi connectivity index (χ1) is 9.65. The maximum atomic E-state index is 11.7. The molecule has 0 unspecified atom stereocenters. The number of amides is 1. The van der Waals surface area contributed by atoms with Gasteiger partial charge in [0.15, 0.2) is 6.61 Å². The predicted molar refractivity (Wildman–Crippen MR) is 72.6 cm³/mol. The van der Waals surface area contributed by atoms with E-state index in [2.05, 4.69) is 10.6 Å². The van der Waals surface area contributed by atoms with E-state index in [4.69, 9.17) is 4.74 Å². The maximum Gasteiger partial charge on any atom is 0.273 e. The Labute approximate surface area is 116 Å². The van der Waals surface area contributed by atoms with Crippen LogP contribution in [-0.2, 0) is 4.79 Å². The van der Waals surface area contributed by atoms with Crippen LogP contribution in [0.5, 0.6) is 5.75 Å². The molecule has 1 aliphatic heterocycles. The molecule has 7 heteroatoms. The van der Waals surface area contributed by atoms with Crippen molar-refractivity contribution < 1.29 is 14.5 Å². The minimum absolute atomic E-state index is 0.0561. The number of carbonyl (C=O) groups is 1. The van der Waals surface area contributed by atoms with Crippen molar-refractivity contribution >= 4 is 11.6 Å². The molecule has 1 aromatic carbocycles. The van der Waals surface area contributed by atoms with Crippen LogP contribution in [0.4, 0.5) is 5.69 Å². The molecule has 0 saturated carbocycles. The Morgan fingerprint density at radius 1 is 1.55 bits per heavy atom. The lowest BCUT2D eigenvalue weighted by Gasteiger charge is -2.23. The van der Waals surface area contributed by atoms with Crippen molar-refractivity contribution in [2.45, 2.75) is 18.9 Å². The molecule has 1 saturated heterocycles. The number of nitrogens with zero attached hydrogens (tertiary/aromatic N) is 1. The van der Waals surface area contributed by atoms with E-state index in [1.807, 2.05) is 0 Å². The number of benzene rings is 1. The molecule has 7 nitrogen and oxygen atoms in total. The fourth-order valence-corrected chi connectivity index (χ4v) is 2.08. The van der Waals surface area contributed by atoms with Gasteiger partial charge in [0, 0.05) is 18.7 Å². The number of nitrogens with one attached hydrogen (secondary N) is 2. The third kappa shape index (κ3) is 4.20. The van der Waals surface area contributed by atoms with Gasteiger partial charge < -0.3 is 15.4 Å². The van der Waals surface area contributed by atoms with Crippen molar-refractivity contribution in [1.82, 2.24) is 10.6 Å². The molecule has 108 valence electrons. The van der Waals surface area contributed by atoms with E-state index < -0.39 is 4.92 Å². The molecule has 0 radical (unpaired) electrons. The zero-order chi connectivity index (χ0) is 14.4. The van der Waals surface area contributed by atoms with Crippen molar-refractivity contribution in [2.24, 2.45) is 0 Å². The summed E-state index contributed by atoms with van der Waals surface area (Å²) in [5, 5.41) is 16.7. The average Bonchev–Trinajstić information content (AvgIpc) is 2.46. The fourth-order valence-electron chi connectivity index (χ4n) is 2.08. The Morgan fingerprint density at radius 3 is 3.10 bits per heavy atom. The molecular weight excluding hydrogens is 262 g/mol. The number of ether oxygens (including phenoxy) is 1. The Bertz CT molecular complexity index is 486. The van der Waals surface area contributed by atoms with Crippen LogP contribution in [-0.4, -0.2) is 36.6 Å². The van der Waals surface area contributed by atoms with Crippen LogP contribution in [0, 0.1) is 10.1 Å². The summed E-state index contributed by atoms with van der Waals surface area (Å²) in [4.78, 5) is 21.8. The third-order valence-electron chi connectivity index (χ3n) is 3.06. The molecule has 0 spiro atoms. The number of piperidine rings is 1. The highest BCUT2D eigenvalue weighted by Gasteiger charge is 2.15. The summed E-state index contributed by atoms with van der Waals surface area (Å²) in [5.41, 5.74) is -0.0561. The summed E-state index contributed by atoms with van der Waals surface area (Å²) >= 11 is 0. The molecule has 1 atom stereocenters. The Balaban J connectivity index is 1.80. The highest BCUT2D eigenvalue weighted by atomic mass is 16.6. The number of carbonyl (C=O) groups excluding carboxylic acids is 1. The summed E-state index contributed by atoms with van der Waals surface area (Å²) in [6, 6.07) is 5.92. The topological polar surface area (TPSA) is 93.5 Å². The number of hydrogen-bond donors (Lipinski definition) is 2. The summed E-state index contributed by atoms with van der Waals surface area (Å²) in [7, 11) is 0. The zero-order valence-electron chi connectivity index (χ0n) is 11.0. The average molecular weight is 279 g/mol. The first-order valence-corrected chi connectivity index (χ1v) is 6.52. The van der Waals surface area contributed by atoms with E-state index in [-0.39, 0.29) is 24.2 Å². The van der Waals surface area contributed by atoms with Gasteiger partial charge in [-0.25, -0.2) is 0 Å². The lowest BCUT2D eigenvalue weighted by atomic mass is 10.1. The van der Waals surface area contributed by atoms with Crippen molar-refractivity contribution in [3.8, 4) is 5.75 Å². The van der Waals surface area contributed by atoms with Crippen LogP contribution in [0.25, 0.3) is 0 Å². The number of nitro groups is 1. The number of rotatable bonds is 5. The number of hydrogen-bond acceptors (Lipinski definition) is 5. The first-order valence-electron chi connectivity index (χ1n) is 6.52. The van der Waals surface area contributed by atoms with Gasteiger partial charge in [0.25, 0.3) is 11.6 Å². The van der Waals surface area contributed by atoms with Crippen LogP contribution in [0.3, 0.4) is 0 Å². The van der Waals surface area contributed by atoms with E-state index >= 15 is 0 Å². The Kier molecular flexibility index (Phi) is 4.89. The van der Waals surface area contributed by atoms with Gasteiger partial charge in [0.2, 0.25) is 0 Å². The molecule has 0 aromatic heterocycles. The zero-order valence-corrected chi connectivity index (χ0v) is 11.0. The second kappa shape index (κ2) is 6.85. The Hall–Kier alpha value is -2.15. The normalized spacial score (nSPS) is 18.3. The largest absolute Gasteiger partial charge is 0.484 e. The Morgan fingerprint density at radius 2 is 2.40 bits per heavy atom. The van der Waals surface area contributed by atoms with Crippen molar-refractivity contribution in [3.05, 3.63) is 34.4 Å². The van der Waals surface area contributed by atoms with Gasteiger partial charge in [-0.15, -0.1) is 0 Å². The molecule has 2 N–H and O–H groups in total. The molecule has 0 bridgehead atoms. The molecular formula is C13H17N3O4. The van der Waals surface area contributed by atoms with Crippen LogP contribution in [0.2, 0.25) is 0 Å². The van der Waals surface area contributed by atoms with Gasteiger partial charge >= 0.3 is 0 Å². The van der Waals surface area contributed by atoms with Crippen LogP contribution in [0.1, 0.15) is 12.8 Å². The molecule has 2 rings (SSSR count). The third-order valence-corrected chi connectivity index (χ3v) is 3.06. The molecule has 1 fully saturated rings. The summed E-state index contributed by atoms with van der Waals surface area (Å²) in [6.07, 6.45) is 1.99. The summed E-state index contributed by atoms with van der Waals surface area (Å²) in [6.45, 7) is 1.61. The van der Waals surface area contributed by atoms with Gasteiger partial charge in [-0.3, -0.25) is 14.9 Å². The van der Waals surface area contributed by atoms with E-state index in [0.29, 0.717) is 5.75 Å². The summed E-state index contributed by atoms with van der Waals surface area (Å²) < 4.78 is 5.26. The standard InChI is InChI=1S/C13H17N3O4/c17-13(15-10-3-2-6-14-8-10)9-20-12-5-1-4-11(7-12)16(18)19/h1,4-5,7,10,14H,2-3,6,8-9H2,(H,15,17)/t10-/m0/s1. The lowest BCUT2D eigenvalue weighted by Crippen LogP contribution is -2.46. The molecule has 1 amide bonds. The highest BCUT2D eigenvalue weighted by molar-refractivity contribution is 5.77. The van der Waals surface area contributed by atoms with E-state index in [0.717, 1.165) is 25.9 Å². The molecule has 1 heterocycles. The first kappa shape index (κ1) is 14.3. The summed E-state index contributed by atoms with van der Waals surface area (Å²) in [5.74, 6) is 0.0984. The monoisotopic (exact) mass is 279 g/mol. The SMILES string of the molecule is O=C(COc1cccc([N+](=O)[O-])c1)N[C@H]1CCCNC1. The minimum Gasteiger partial charge on any atom is -0.484 e. The van der Waals surface area contributed by atoms with Gasteiger partial charge in [-0.2, -0.15) is 0 Å². The van der Waals surface area contributed by atoms with Crippen LogP contribution >= 0.6 is 0 Å². The van der Waals surface area contributed by atoms with Gasteiger partial charge in [-0.1, -0.05) is 6.07 Å². The molecule has 20 heavy (non-hydrogen) atoms. The highest BCUT2D eigenvalue weighted by Crippen LogP contribution is 2.18. The van der Waals surface area contributed by atoms with Crippen LogP contribution in [0.15, 0.2) is 24.3 Å². The molecule has 1 aromatic rings. The van der Waals surface area contributed by atoms with Gasteiger partial charge in [0.1, 0.15) is 5.75 Å². The van der Waals surface area contributed by atoms with E-state index in [1.54, 1.807) is 6.07 Å². The van der Waals surface area contributed by atoms with E-state index in [9.17, 15) is 14.9 Å². The minimum atomic E-state index is -0.499. The van der Waals surface area contributed by atoms with Gasteiger partial charge in [0.05, 0.1) is 11.0 Å². The second-order valence-corrected chi connectivity index (χ2v) is 4.65.